The summed E-state index contributed by atoms with van der Waals surface area (Å²) < 4.78 is 6.01. The average Bonchev–Trinajstić information content (AvgIpc) is 3.50. The van der Waals surface area contributed by atoms with Crippen molar-refractivity contribution in [1.82, 2.24) is 0 Å². The largest absolute Gasteiger partial charge is 0.455 e. The summed E-state index contributed by atoms with van der Waals surface area (Å²) in [7, 11) is 0. The van der Waals surface area contributed by atoms with Crippen LogP contribution in [-0.4, -0.2) is 23.1 Å². The number of carbonyl (C=O) groups excluding carboxylic acids is 3. The molecule has 0 saturated heterocycles. The van der Waals surface area contributed by atoms with Crippen molar-refractivity contribution in [2.75, 3.05) is 0 Å². The second-order valence-electron chi connectivity index (χ2n) is 10.5. The highest BCUT2D eigenvalue weighted by atomic mass is 16.6. The van der Waals surface area contributed by atoms with Gasteiger partial charge in [-0.3, -0.25) is 9.59 Å². The van der Waals surface area contributed by atoms with E-state index in [9.17, 15) is 14.4 Å². The molecule has 0 spiro atoms. The van der Waals surface area contributed by atoms with Crippen molar-refractivity contribution in [2.45, 2.75) is 63.4 Å². The molecule has 0 aliphatic heterocycles. The fourth-order valence-corrected chi connectivity index (χ4v) is 7.72. The summed E-state index contributed by atoms with van der Waals surface area (Å²) in [4.78, 5) is 38.4. The predicted octanol–water partition coefficient (Wildman–Crippen LogP) is 4.88. The lowest BCUT2D eigenvalue weighted by Crippen LogP contribution is -2.36. The topological polar surface area (TPSA) is 60.4 Å². The van der Waals surface area contributed by atoms with Crippen molar-refractivity contribution < 1.29 is 19.1 Å². The zero-order chi connectivity index (χ0) is 21.3. The first kappa shape index (κ1) is 19.5. The molecule has 7 unspecified atom stereocenters. The van der Waals surface area contributed by atoms with Gasteiger partial charge in [-0.1, -0.05) is 37.6 Å². The summed E-state index contributed by atoms with van der Waals surface area (Å²) in [5, 5.41) is 0. The van der Waals surface area contributed by atoms with Gasteiger partial charge < -0.3 is 4.74 Å². The Balaban J connectivity index is 1.20. The molecule has 7 atom stereocenters. The molecule has 0 amide bonds. The molecule has 162 valence electrons. The third-order valence-corrected chi connectivity index (χ3v) is 9.26. The highest BCUT2D eigenvalue weighted by Gasteiger charge is 2.68. The molecule has 4 bridgehead atoms. The van der Waals surface area contributed by atoms with Gasteiger partial charge in [-0.25, -0.2) is 4.79 Å². The van der Waals surface area contributed by atoms with Gasteiger partial charge in [0.15, 0.2) is 0 Å². The van der Waals surface area contributed by atoms with Crippen LogP contribution in [-0.2, 0) is 14.3 Å². The van der Waals surface area contributed by atoms with Crippen LogP contribution < -0.4 is 0 Å². The molecule has 4 nitrogen and oxygen atoms in total. The van der Waals surface area contributed by atoms with E-state index in [0.717, 1.165) is 44.1 Å². The average molecular weight is 419 g/mol. The minimum absolute atomic E-state index is 0.0160. The van der Waals surface area contributed by atoms with Crippen LogP contribution in [0.15, 0.2) is 36.4 Å². The number of fused-ring (bicyclic) bond motifs is 9. The van der Waals surface area contributed by atoms with E-state index in [4.69, 9.17) is 4.74 Å². The van der Waals surface area contributed by atoms with Crippen LogP contribution in [0.1, 0.15) is 73.7 Å². The number of ether oxygens (including phenoxy) is 1. The number of ketones is 2. The van der Waals surface area contributed by atoms with Crippen molar-refractivity contribution in [2.24, 2.45) is 35.5 Å². The summed E-state index contributed by atoms with van der Waals surface area (Å²) in [6.07, 6.45) is 11.2. The Hall–Kier alpha value is -2.23. The smallest absolute Gasteiger partial charge is 0.338 e. The van der Waals surface area contributed by atoms with Crippen LogP contribution in [0.4, 0.5) is 0 Å². The van der Waals surface area contributed by atoms with Gasteiger partial charge >= 0.3 is 5.97 Å². The van der Waals surface area contributed by atoms with Crippen molar-refractivity contribution in [1.29, 1.82) is 0 Å². The lowest BCUT2D eigenvalue weighted by atomic mass is 9.68. The molecule has 5 aliphatic rings. The second-order valence-corrected chi connectivity index (χ2v) is 10.5. The number of allylic oxidation sites excluding steroid dienone is 2. The molecular formula is C27H30O4. The Morgan fingerprint density at radius 3 is 2.29 bits per heavy atom. The molecule has 1 aromatic rings. The van der Waals surface area contributed by atoms with Crippen LogP contribution in [0, 0.1) is 35.5 Å². The number of hydrogen-bond acceptors (Lipinski definition) is 4. The quantitative estimate of drug-likeness (QED) is 0.397. The molecule has 5 aliphatic carbocycles. The summed E-state index contributed by atoms with van der Waals surface area (Å²) in [5.41, 5.74) is 1.41. The van der Waals surface area contributed by atoms with Gasteiger partial charge in [0, 0.05) is 23.7 Å². The molecule has 0 aromatic heterocycles. The first-order chi connectivity index (χ1) is 15.0. The van der Waals surface area contributed by atoms with Crippen LogP contribution in [0.3, 0.4) is 0 Å². The Morgan fingerprint density at radius 1 is 0.935 bits per heavy atom. The van der Waals surface area contributed by atoms with Crippen molar-refractivity contribution in [3.05, 3.63) is 47.5 Å². The maximum absolute atomic E-state index is 13.0. The number of carbonyl (C=O) groups is 3. The summed E-state index contributed by atoms with van der Waals surface area (Å²) >= 11 is 0. The fraction of sp³-hybridized carbons (Fsp3) is 0.593. The molecule has 4 saturated carbocycles. The predicted molar refractivity (Wildman–Crippen MR) is 115 cm³/mol. The van der Waals surface area contributed by atoms with E-state index in [-0.39, 0.29) is 53.0 Å². The first-order valence-corrected chi connectivity index (χ1v) is 12.1. The van der Waals surface area contributed by atoms with E-state index in [1.54, 1.807) is 0 Å². The highest BCUT2D eigenvalue weighted by Crippen LogP contribution is 2.66. The summed E-state index contributed by atoms with van der Waals surface area (Å²) in [6, 6.07) is 7.75. The Labute approximate surface area is 183 Å². The number of rotatable bonds is 4. The van der Waals surface area contributed by atoms with Crippen molar-refractivity contribution in [3.63, 3.8) is 0 Å². The maximum Gasteiger partial charge on any atom is 0.338 e. The summed E-state index contributed by atoms with van der Waals surface area (Å²) in [5.74, 6) is 1.01. The van der Waals surface area contributed by atoms with E-state index in [2.05, 4.69) is 6.92 Å². The highest BCUT2D eigenvalue weighted by molar-refractivity contribution is 5.99. The minimum atomic E-state index is -0.304. The molecule has 0 heterocycles. The molecule has 0 N–H and O–H groups in total. The zero-order valence-corrected chi connectivity index (χ0v) is 18.1. The van der Waals surface area contributed by atoms with Crippen LogP contribution in [0.2, 0.25) is 0 Å². The van der Waals surface area contributed by atoms with Crippen molar-refractivity contribution >= 4 is 17.5 Å². The van der Waals surface area contributed by atoms with E-state index >= 15 is 0 Å². The van der Waals surface area contributed by atoms with Gasteiger partial charge in [0.2, 0.25) is 0 Å². The number of hydrogen-bond donors (Lipinski definition) is 0. The van der Waals surface area contributed by atoms with E-state index < -0.39 is 0 Å². The van der Waals surface area contributed by atoms with Gasteiger partial charge in [-0.2, -0.15) is 0 Å². The Morgan fingerprint density at radius 2 is 1.61 bits per heavy atom. The summed E-state index contributed by atoms with van der Waals surface area (Å²) in [6.45, 7) is 2.11. The van der Waals surface area contributed by atoms with Crippen LogP contribution in [0.5, 0.6) is 0 Å². The van der Waals surface area contributed by atoms with Gasteiger partial charge in [0.25, 0.3) is 0 Å². The first-order valence-electron chi connectivity index (χ1n) is 12.1. The van der Waals surface area contributed by atoms with Gasteiger partial charge in [-0.15, -0.1) is 0 Å². The number of benzene rings is 1. The van der Waals surface area contributed by atoms with Crippen molar-refractivity contribution in [3.8, 4) is 0 Å². The van der Waals surface area contributed by atoms with Gasteiger partial charge in [-0.05, 0) is 74.0 Å². The maximum atomic E-state index is 13.0. The van der Waals surface area contributed by atoms with Gasteiger partial charge in [0.05, 0.1) is 5.56 Å². The third kappa shape index (κ3) is 2.69. The lowest BCUT2D eigenvalue weighted by Gasteiger charge is -2.36. The van der Waals surface area contributed by atoms with E-state index in [1.807, 2.05) is 36.4 Å². The zero-order valence-electron chi connectivity index (χ0n) is 18.1. The standard InChI is InChI=1S/C27H30O4/c1-2-27(12-4-3-5-13-27)31-26(30)16-8-6-15(7-9-16)19-14-20-21-17-10-11-18(24(17)28)22(21)23(19)25(20)29/h6-11,17-23H,2-5,12-14H2,1H3. The Bertz CT molecular complexity index is 967. The molecule has 6 rings (SSSR count). The number of esters is 1. The molecule has 4 heteroatoms. The molecule has 31 heavy (non-hydrogen) atoms. The minimum Gasteiger partial charge on any atom is -0.455 e. The third-order valence-electron chi connectivity index (χ3n) is 9.26. The molecule has 4 fully saturated rings. The molecular weight excluding hydrogens is 388 g/mol. The van der Waals surface area contributed by atoms with Crippen LogP contribution in [0.25, 0.3) is 0 Å². The molecule has 1 aromatic carbocycles. The van der Waals surface area contributed by atoms with Crippen LogP contribution >= 0.6 is 0 Å². The monoisotopic (exact) mass is 418 g/mol. The van der Waals surface area contributed by atoms with Gasteiger partial charge in [0.1, 0.15) is 17.2 Å². The Kier molecular flexibility index (Phi) is 4.32. The molecule has 0 radical (unpaired) electrons. The number of Topliss-reactive ketones (excluding diaryl/α,β-unsaturated/α-hetero) is 2. The SMILES string of the molecule is CCC1(OC(=O)c2ccc(C3CC4C(=O)C3C3C5C=CC(C5=O)C43)cc2)CCCCC1. The lowest BCUT2D eigenvalue weighted by molar-refractivity contribution is -0.125. The normalized spacial score (nSPS) is 39.2. The fourth-order valence-electron chi connectivity index (χ4n) is 7.72. The second kappa shape index (κ2) is 6.88. The van der Waals surface area contributed by atoms with E-state index in [1.165, 1.54) is 6.42 Å². The van der Waals surface area contributed by atoms with E-state index in [0.29, 0.717) is 17.1 Å².